The first-order valence-corrected chi connectivity index (χ1v) is 7.72. The fourth-order valence-electron chi connectivity index (χ4n) is 3.49. The van der Waals surface area contributed by atoms with Crippen molar-refractivity contribution in [1.82, 2.24) is 10.2 Å². The van der Waals surface area contributed by atoms with Gasteiger partial charge >= 0.3 is 0 Å². The Morgan fingerprint density at radius 2 is 2.00 bits per heavy atom. The summed E-state index contributed by atoms with van der Waals surface area (Å²) >= 11 is 0. The summed E-state index contributed by atoms with van der Waals surface area (Å²) in [5.74, 6) is 0. The summed E-state index contributed by atoms with van der Waals surface area (Å²) in [5, 5.41) is 3.69. The summed E-state index contributed by atoms with van der Waals surface area (Å²) in [6.45, 7) is 10.9. The highest BCUT2D eigenvalue weighted by molar-refractivity contribution is 4.99. The van der Waals surface area contributed by atoms with E-state index in [2.05, 4.69) is 31.0 Å². The molecule has 0 aromatic carbocycles. The molecular formula is C15H30N2O. The van der Waals surface area contributed by atoms with Crippen molar-refractivity contribution in [2.75, 3.05) is 26.2 Å². The van der Waals surface area contributed by atoms with Crippen LogP contribution in [0.3, 0.4) is 0 Å². The van der Waals surface area contributed by atoms with Crippen LogP contribution in [0.15, 0.2) is 0 Å². The van der Waals surface area contributed by atoms with E-state index in [1.54, 1.807) is 0 Å². The molecule has 3 heteroatoms. The first-order valence-electron chi connectivity index (χ1n) is 7.72. The number of hydrogen-bond donors (Lipinski definition) is 1. The highest BCUT2D eigenvalue weighted by Crippen LogP contribution is 2.35. The molecule has 2 rings (SSSR count). The molecule has 106 valence electrons. The predicted molar refractivity (Wildman–Crippen MR) is 75.9 cm³/mol. The lowest BCUT2D eigenvalue weighted by Crippen LogP contribution is -2.65. The summed E-state index contributed by atoms with van der Waals surface area (Å²) in [6, 6.07) is 0.622. The van der Waals surface area contributed by atoms with Gasteiger partial charge in [-0.3, -0.25) is 4.90 Å². The fourth-order valence-corrected chi connectivity index (χ4v) is 3.49. The SMILES string of the molecule is CC1CN(CCOC(C)C)C2(CCCCC2)CN1. The molecule has 0 aromatic rings. The zero-order chi connectivity index (χ0) is 13.0. The standard InChI is InChI=1S/C15H30N2O/c1-13(2)18-10-9-17-11-14(3)16-12-15(17)7-5-4-6-8-15/h13-14,16H,4-12H2,1-3H3. The Hall–Kier alpha value is -0.120. The van der Waals surface area contributed by atoms with Crippen molar-refractivity contribution < 1.29 is 4.74 Å². The third-order valence-electron chi connectivity index (χ3n) is 4.54. The van der Waals surface area contributed by atoms with Crippen molar-refractivity contribution in [1.29, 1.82) is 0 Å². The summed E-state index contributed by atoms with van der Waals surface area (Å²) < 4.78 is 5.75. The van der Waals surface area contributed by atoms with Gasteiger partial charge in [-0.25, -0.2) is 0 Å². The van der Waals surface area contributed by atoms with Crippen LogP contribution in [0.5, 0.6) is 0 Å². The summed E-state index contributed by atoms with van der Waals surface area (Å²) in [7, 11) is 0. The molecule has 1 spiro atoms. The molecule has 1 aliphatic heterocycles. The molecule has 2 fully saturated rings. The van der Waals surface area contributed by atoms with E-state index in [4.69, 9.17) is 4.74 Å². The second-order valence-electron chi connectivity index (χ2n) is 6.43. The number of piperazine rings is 1. The molecule has 0 amide bonds. The maximum absolute atomic E-state index is 5.75. The lowest BCUT2D eigenvalue weighted by atomic mass is 9.78. The Kier molecular flexibility index (Phi) is 5.05. The van der Waals surface area contributed by atoms with Gasteiger partial charge in [0.2, 0.25) is 0 Å². The largest absolute Gasteiger partial charge is 0.377 e. The van der Waals surface area contributed by atoms with E-state index in [0.717, 1.165) is 13.2 Å². The van der Waals surface area contributed by atoms with Crippen LogP contribution >= 0.6 is 0 Å². The molecule has 2 aliphatic rings. The van der Waals surface area contributed by atoms with Gasteiger partial charge in [-0.15, -0.1) is 0 Å². The van der Waals surface area contributed by atoms with Gasteiger partial charge in [0.1, 0.15) is 0 Å². The van der Waals surface area contributed by atoms with Crippen LogP contribution < -0.4 is 5.32 Å². The van der Waals surface area contributed by atoms with Gasteiger partial charge in [0, 0.05) is 31.2 Å². The zero-order valence-corrected chi connectivity index (χ0v) is 12.4. The molecule has 1 atom stereocenters. The first kappa shape index (κ1) is 14.3. The second-order valence-corrected chi connectivity index (χ2v) is 6.43. The van der Waals surface area contributed by atoms with Crippen LogP contribution in [0, 0.1) is 0 Å². The van der Waals surface area contributed by atoms with Crippen LogP contribution in [0.1, 0.15) is 52.9 Å². The van der Waals surface area contributed by atoms with Gasteiger partial charge in [-0.2, -0.15) is 0 Å². The molecule has 3 nitrogen and oxygen atoms in total. The smallest absolute Gasteiger partial charge is 0.0597 e. The summed E-state index contributed by atoms with van der Waals surface area (Å²) in [4.78, 5) is 2.72. The number of nitrogens with zero attached hydrogens (tertiary/aromatic N) is 1. The van der Waals surface area contributed by atoms with Crippen LogP contribution in [0.4, 0.5) is 0 Å². The molecular weight excluding hydrogens is 224 g/mol. The summed E-state index contributed by atoms with van der Waals surface area (Å²) in [6.07, 6.45) is 7.32. The van der Waals surface area contributed by atoms with Crippen molar-refractivity contribution in [3.05, 3.63) is 0 Å². The minimum absolute atomic E-state index is 0.354. The normalized spacial score (nSPS) is 29.0. The van der Waals surface area contributed by atoms with Gasteiger partial charge < -0.3 is 10.1 Å². The van der Waals surface area contributed by atoms with E-state index in [0.29, 0.717) is 17.7 Å². The zero-order valence-electron chi connectivity index (χ0n) is 12.4. The van der Waals surface area contributed by atoms with E-state index in [9.17, 15) is 0 Å². The van der Waals surface area contributed by atoms with Crippen molar-refractivity contribution >= 4 is 0 Å². The molecule has 1 saturated carbocycles. The Labute approximate surface area is 112 Å². The average Bonchev–Trinajstić information content (AvgIpc) is 2.35. The van der Waals surface area contributed by atoms with E-state index >= 15 is 0 Å². The van der Waals surface area contributed by atoms with Crippen molar-refractivity contribution in [2.24, 2.45) is 0 Å². The Bertz CT molecular complexity index is 249. The van der Waals surface area contributed by atoms with E-state index < -0.39 is 0 Å². The first-order chi connectivity index (χ1) is 8.62. The van der Waals surface area contributed by atoms with Gasteiger partial charge in [0.05, 0.1) is 12.7 Å². The maximum Gasteiger partial charge on any atom is 0.0597 e. The lowest BCUT2D eigenvalue weighted by Gasteiger charge is -2.51. The molecule has 1 N–H and O–H groups in total. The third kappa shape index (κ3) is 3.46. The summed E-state index contributed by atoms with van der Waals surface area (Å²) in [5.41, 5.74) is 0.436. The number of nitrogens with one attached hydrogen (secondary N) is 1. The topological polar surface area (TPSA) is 24.5 Å². The Morgan fingerprint density at radius 3 is 2.67 bits per heavy atom. The van der Waals surface area contributed by atoms with Gasteiger partial charge in [0.25, 0.3) is 0 Å². The van der Waals surface area contributed by atoms with Gasteiger partial charge in [-0.05, 0) is 33.6 Å². The molecule has 0 bridgehead atoms. The number of hydrogen-bond acceptors (Lipinski definition) is 3. The van der Waals surface area contributed by atoms with Gasteiger partial charge in [0.15, 0.2) is 0 Å². The highest BCUT2D eigenvalue weighted by Gasteiger charge is 2.40. The minimum Gasteiger partial charge on any atom is -0.377 e. The van der Waals surface area contributed by atoms with E-state index in [-0.39, 0.29) is 0 Å². The molecule has 1 unspecified atom stereocenters. The Morgan fingerprint density at radius 1 is 1.28 bits per heavy atom. The monoisotopic (exact) mass is 254 g/mol. The molecule has 1 heterocycles. The lowest BCUT2D eigenvalue weighted by molar-refractivity contribution is -0.0189. The van der Waals surface area contributed by atoms with Crippen LogP contribution in [0.2, 0.25) is 0 Å². The Balaban J connectivity index is 1.92. The maximum atomic E-state index is 5.75. The molecule has 1 saturated heterocycles. The van der Waals surface area contributed by atoms with Crippen molar-refractivity contribution in [2.45, 2.75) is 70.6 Å². The molecule has 0 radical (unpaired) electrons. The number of rotatable bonds is 4. The fraction of sp³-hybridized carbons (Fsp3) is 1.00. The van der Waals surface area contributed by atoms with Crippen LogP contribution in [-0.2, 0) is 4.74 Å². The van der Waals surface area contributed by atoms with Crippen molar-refractivity contribution in [3.8, 4) is 0 Å². The minimum atomic E-state index is 0.354. The third-order valence-corrected chi connectivity index (χ3v) is 4.54. The average molecular weight is 254 g/mol. The van der Waals surface area contributed by atoms with Gasteiger partial charge in [-0.1, -0.05) is 19.3 Å². The quantitative estimate of drug-likeness (QED) is 0.834. The predicted octanol–water partition coefficient (Wildman–Crippen LogP) is 2.41. The molecule has 0 aromatic heterocycles. The number of ether oxygens (including phenoxy) is 1. The van der Waals surface area contributed by atoms with Crippen molar-refractivity contribution in [3.63, 3.8) is 0 Å². The highest BCUT2D eigenvalue weighted by atomic mass is 16.5. The van der Waals surface area contributed by atoms with Crippen LogP contribution in [0.25, 0.3) is 0 Å². The van der Waals surface area contributed by atoms with E-state index in [1.807, 2.05) is 0 Å². The molecule has 1 aliphatic carbocycles. The molecule has 18 heavy (non-hydrogen) atoms. The second kappa shape index (κ2) is 6.36. The van der Waals surface area contributed by atoms with Crippen LogP contribution in [-0.4, -0.2) is 48.8 Å². The van der Waals surface area contributed by atoms with E-state index in [1.165, 1.54) is 45.2 Å².